The summed E-state index contributed by atoms with van der Waals surface area (Å²) in [5, 5.41) is 0. The molecule has 0 radical (unpaired) electrons. The first-order valence-electron chi connectivity index (χ1n) is 10.1. The molecule has 2 aliphatic rings. The number of rotatable bonds is 4. The van der Waals surface area contributed by atoms with Gasteiger partial charge in [-0.3, -0.25) is 4.79 Å². The van der Waals surface area contributed by atoms with Gasteiger partial charge < -0.3 is 19.4 Å². The fraction of sp³-hybridized carbons (Fsp3) is 0.391. The van der Waals surface area contributed by atoms with E-state index in [9.17, 15) is 14.0 Å². The molecule has 6 nitrogen and oxygen atoms in total. The van der Waals surface area contributed by atoms with Gasteiger partial charge in [-0.05, 0) is 29.8 Å². The van der Waals surface area contributed by atoms with E-state index in [1.807, 2.05) is 46.2 Å². The van der Waals surface area contributed by atoms with Gasteiger partial charge >= 0.3 is 6.03 Å². The lowest BCUT2D eigenvalue weighted by Gasteiger charge is -2.31. The molecule has 2 fully saturated rings. The summed E-state index contributed by atoms with van der Waals surface area (Å²) in [7, 11) is 3.44. The number of benzene rings is 2. The van der Waals surface area contributed by atoms with Gasteiger partial charge in [0.2, 0.25) is 0 Å². The van der Waals surface area contributed by atoms with Crippen LogP contribution in [0.15, 0.2) is 54.6 Å². The maximum Gasteiger partial charge on any atom is 0.320 e. The molecular formula is C23H26FN3O3. The van der Waals surface area contributed by atoms with E-state index in [4.69, 9.17) is 4.74 Å². The number of hydrogen-bond acceptors (Lipinski definition) is 3. The zero-order valence-corrected chi connectivity index (χ0v) is 17.2. The first-order chi connectivity index (χ1) is 14.4. The van der Waals surface area contributed by atoms with Crippen molar-refractivity contribution in [2.45, 2.75) is 6.04 Å². The van der Waals surface area contributed by atoms with Crippen LogP contribution in [0.1, 0.15) is 11.6 Å². The molecule has 2 aromatic rings. The predicted molar refractivity (Wildman–Crippen MR) is 110 cm³/mol. The summed E-state index contributed by atoms with van der Waals surface area (Å²) in [4.78, 5) is 30.7. The Morgan fingerprint density at radius 2 is 1.83 bits per heavy atom. The summed E-state index contributed by atoms with van der Waals surface area (Å²) in [5.74, 6) is 0.483. The third-order valence-electron chi connectivity index (χ3n) is 5.94. The molecular weight excluding hydrogens is 385 g/mol. The van der Waals surface area contributed by atoms with E-state index in [1.54, 1.807) is 25.1 Å². The lowest BCUT2D eigenvalue weighted by atomic mass is 9.89. The zero-order valence-electron chi connectivity index (χ0n) is 17.2. The molecule has 0 saturated carbocycles. The fourth-order valence-corrected chi connectivity index (χ4v) is 4.57. The van der Waals surface area contributed by atoms with Gasteiger partial charge in [-0.25, -0.2) is 9.18 Å². The Hall–Kier alpha value is -3.09. The van der Waals surface area contributed by atoms with E-state index in [2.05, 4.69) is 0 Å². The van der Waals surface area contributed by atoms with Crippen LogP contribution in [0.4, 0.5) is 9.18 Å². The number of nitrogens with zero attached hydrogens (tertiary/aromatic N) is 3. The van der Waals surface area contributed by atoms with E-state index in [1.165, 1.54) is 12.1 Å². The van der Waals surface area contributed by atoms with Gasteiger partial charge in [0, 0.05) is 45.6 Å². The molecule has 2 saturated heterocycles. The smallest absolute Gasteiger partial charge is 0.320 e. The van der Waals surface area contributed by atoms with Crippen molar-refractivity contribution in [1.29, 1.82) is 0 Å². The van der Waals surface area contributed by atoms with Crippen LogP contribution < -0.4 is 4.74 Å². The molecule has 3 amide bonds. The topological polar surface area (TPSA) is 53.1 Å². The Bertz CT molecular complexity index is 921. The Morgan fingerprint density at radius 3 is 2.53 bits per heavy atom. The molecule has 0 aliphatic carbocycles. The Balaban J connectivity index is 1.49. The largest absolute Gasteiger partial charge is 0.484 e. The van der Waals surface area contributed by atoms with Gasteiger partial charge in [-0.2, -0.15) is 0 Å². The average Bonchev–Trinajstić information content (AvgIpc) is 3.30. The van der Waals surface area contributed by atoms with Crippen molar-refractivity contribution in [1.82, 2.24) is 14.7 Å². The van der Waals surface area contributed by atoms with E-state index >= 15 is 0 Å². The van der Waals surface area contributed by atoms with Crippen molar-refractivity contribution in [2.75, 3.05) is 40.3 Å². The molecule has 158 valence electrons. The maximum atomic E-state index is 13.9. The highest BCUT2D eigenvalue weighted by molar-refractivity contribution is 5.78. The first-order valence-corrected chi connectivity index (χ1v) is 10.1. The number of amides is 3. The van der Waals surface area contributed by atoms with Crippen molar-refractivity contribution in [3.05, 3.63) is 66.0 Å². The lowest BCUT2D eigenvalue weighted by Crippen LogP contribution is -2.42. The Morgan fingerprint density at radius 1 is 1.07 bits per heavy atom. The van der Waals surface area contributed by atoms with Crippen LogP contribution in [0.25, 0.3) is 0 Å². The van der Waals surface area contributed by atoms with E-state index in [0.29, 0.717) is 25.4 Å². The van der Waals surface area contributed by atoms with Gasteiger partial charge in [-0.1, -0.05) is 30.3 Å². The minimum absolute atomic E-state index is 0.0194. The van der Waals surface area contributed by atoms with Gasteiger partial charge in [0.1, 0.15) is 11.6 Å². The first kappa shape index (κ1) is 20.2. The third kappa shape index (κ3) is 3.97. The monoisotopic (exact) mass is 411 g/mol. The molecule has 2 heterocycles. The van der Waals surface area contributed by atoms with Crippen molar-refractivity contribution in [2.24, 2.45) is 11.8 Å². The van der Waals surface area contributed by atoms with Crippen LogP contribution in [0.2, 0.25) is 0 Å². The van der Waals surface area contributed by atoms with Crippen LogP contribution >= 0.6 is 0 Å². The highest BCUT2D eigenvalue weighted by Crippen LogP contribution is 2.45. The maximum absolute atomic E-state index is 13.9. The number of carbonyl (C=O) groups excluding carboxylic acids is 2. The number of para-hydroxylation sites is 1. The second-order valence-corrected chi connectivity index (χ2v) is 8.15. The normalized spacial score (nSPS) is 22.7. The minimum atomic E-state index is -0.324. The summed E-state index contributed by atoms with van der Waals surface area (Å²) in [6.07, 6.45) is 0. The second kappa shape index (κ2) is 8.34. The predicted octanol–water partition coefficient (Wildman–Crippen LogP) is 3.02. The van der Waals surface area contributed by atoms with Crippen LogP contribution in [0.5, 0.6) is 5.75 Å². The van der Waals surface area contributed by atoms with Crippen LogP contribution in [0.3, 0.4) is 0 Å². The number of carbonyl (C=O) groups is 2. The van der Waals surface area contributed by atoms with Crippen molar-refractivity contribution >= 4 is 11.9 Å². The molecule has 2 aliphatic heterocycles. The van der Waals surface area contributed by atoms with Gasteiger partial charge in [0.25, 0.3) is 5.91 Å². The number of urea groups is 1. The number of fused-ring (bicyclic) bond motifs is 1. The Labute approximate surface area is 175 Å². The number of likely N-dealkylation sites (tertiary alicyclic amines) is 2. The van der Waals surface area contributed by atoms with E-state index in [-0.39, 0.29) is 42.2 Å². The highest BCUT2D eigenvalue weighted by Gasteiger charge is 2.50. The fourth-order valence-electron chi connectivity index (χ4n) is 4.57. The zero-order chi connectivity index (χ0) is 21.3. The minimum Gasteiger partial charge on any atom is -0.484 e. The van der Waals surface area contributed by atoms with E-state index < -0.39 is 0 Å². The molecule has 0 N–H and O–H groups in total. The molecule has 0 bridgehead atoms. The van der Waals surface area contributed by atoms with Crippen molar-refractivity contribution in [3.8, 4) is 5.75 Å². The highest BCUT2D eigenvalue weighted by atomic mass is 19.1. The second-order valence-electron chi connectivity index (χ2n) is 8.15. The molecule has 4 rings (SSSR count). The summed E-state index contributed by atoms with van der Waals surface area (Å²) < 4.78 is 19.5. The van der Waals surface area contributed by atoms with Crippen LogP contribution in [-0.2, 0) is 4.79 Å². The SMILES string of the molecule is CN(C)C(=O)N1C[C@H]2CN(C(=O)COc3ccccc3)C[C@H]2[C@H]1c1cccc(F)c1. The molecule has 2 aromatic carbocycles. The molecule has 0 aromatic heterocycles. The number of ether oxygens (including phenoxy) is 1. The van der Waals surface area contributed by atoms with Gasteiger partial charge in [0.05, 0.1) is 6.04 Å². The summed E-state index contributed by atoms with van der Waals surface area (Å²) in [6.45, 7) is 1.63. The van der Waals surface area contributed by atoms with E-state index in [0.717, 1.165) is 5.56 Å². The average molecular weight is 411 g/mol. The number of hydrogen-bond donors (Lipinski definition) is 0. The van der Waals surface area contributed by atoms with Crippen molar-refractivity contribution < 1.29 is 18.7 Å². The quantitative estimate of drug-likeness (QED) is 0.777. The molecule has 30 heavy (non-hydrogen) atoms. The number of halogens is 1. The molecule has 0 spiro atoms. The van der Waals surface area contributed by atoms with Crippen LogP contribution in [-0.4, -0.2) is 67.0 Å². The molecule has 7 heteroatoms. The summed E-state index contributed by atoms with van der Waals surface area (Å²) >= 11 is 0. The standard InChI is InChI=1S/C23H26FN3O3/c1-25(2)23(29)27-13-17-12-26(21(28)15-30-19-9-4-3-5-10-19)14-20(17)22(27)16-7-6-8-18(24)11-16/h3-11,17,20,22H,12-15H2,1-2H3/t17-,20-,22-/m1/s1. The van der Waals surface area contributed by atoms with Gasteiger partial charge in [-0.15, -0.1) is 0 Å². The van der Waals surface area contributed by atoms with Gasteiger partial charge in [0.15, 0.2) is 6.61 Å². The lowest BCUT2D eigenvalue weighted by molar-refractivity contribution is -0.132. The summed E-state index contributed by atoms with van der Waals surface area (Å²) in [6, 6.07) is 15.3. The molecule has 3 atom stereocenters. The summed E-state index contributed by atoms with van der Waals surface area (Å²) in [5.41, 5.74) is 0.771. The molecule has 0 unspecified atom stereocenters. The van der Waals surface area contributed by atoms with Crippen LogP contribution in [0, 0.1) is 17.7 Å². The Kier molecular flexibility index (Phi) is 5.61. The van der Waals surface area contributed by atoms with Crippen molar-refractivity contribution in [3.63, 3.8) is 0 Å². The third-order valence-corrected chi connectivity index (χ3v) is 5.94.